The molecule has 1 aliphatic carbocycles. The Balaban J connectivity index is 2.22. The van der Waals surface area contributed by atoms with E-state index in [2.05, 4.69) is 20.9 Å². The van der Waals surface area contributed by atoms with Crippen molar-refractivity contribution in [1.82, 2.24) is 9.88 Å². The van der Waals surface area contributed by atoms with Gasteiger partial charge in [-0.05, 0) is 41.3 Å². The predicted octanol–water partition coefficient (Wildman–Crippen LogP) is 3.12. The Morgan fingerprint density at radius 1 is 1.62 bits per heavy atom. The van der Waals surface area contributed by atoms with Crippen molar-refractivity contribution in [3.8, 4) is 0 Å². The molecule has 0 N–H and O–H groups in total. The average molecular weight is 304 g/mol. The van der Waals surface area contributed by atoms with E-state index in [1.807, 2.05) is 7.05 Å². The molecule has 1 fully saturated rings. The van der Waals surface area contributed by atoms with Gasteiger partial charge in [-0.2, -0.15) is 0 Å². The maximum Gasteiger partial charge on any atom is 0.257 e. The molecule has 0 bridgehead atoms. The summed E-state index contributed by atoms with van der Waals surface area (Å²) < 4.78 is 0.766. The van der Waals surface area contributed by atoms with Crippen LogP contribution < -0.4 is 0 Å². The largest absolute Gasteiger partial charge is 0.339 e. The first-order chi connectivity index (χ1) is 7.59. The summed E-state index contributed by atoms with van der Waals surface area (Å²) in [5.41, 5.74) is 0.463. The molecule has 3 nitrogen and oxygen atoms in total. The monoisotopic (exact) mass is 302 g/mol. The second-order valence-electron chi connectivity index (χ2n) is 3.99. The number of carbonyl (C=O) groups excluding carboxylic acids is 1. The highest BCUT2D eigenvalue weighted by Gasteiger charge is 2.27. The van der Waals surface area contributed by atoms with Crippen LogP contribution in [-0.4, -0.2) is 28.9 Å². The Labute approximate surface area is 108 Å². The zero-order valence-electron chi connectivity index (χ0n) is 8.91. The minimum Gasteiger partial charge on any atom is -0.339 e. The van der Waals surface area contributed by atoms with Crippen molar-refractivity contribution in [3.63, 3.8) is 0 Å². The lowest BCUT2D eigenvalue weighted by atomic mass is 9.91. The minimum absolute atomic E-state index is 0.0523. The fraction of sp³-hybridized carbons (Fsp3) is 0.455. The van der Waals surface area contributed by atoms with Gasteiger partial charge >= 0.3 is 0 Å². The van der Waals surface area contributed by atoms with Gasteiger partial charge in [-0.25, -0.2) is 4.98 Å². The van der Waals surface area contributed by atoms with Gasteiger partial charge < -0.3 is 4.90 Å². The number of hydrogen-bond acceptors (Lipinski definition) is 2. The van der Waals surface area contributed by atoms with Crippen molar-refractivity contribution < 1.29 is 4.79 Å². The first-order valence-corrected chi connectivity index (χ1v) is 6.35. The van der Waals surface area contributed by atoms with E-state index in [4.69, 9.17) is 11.6 Å². The van der Waals surface area contributed by atoms with E-state index >= 15 is 0 Å². The van der Waals surface area contributed by atoms with Gasteiger partial charge in [-0.1, -0.05) is 11.6 Å². The Morgan fingerprint density at radius 2 is 2.31 bits per heavy atom. The molecule has 1 saturated carbocycles. The van der Waals surface area contributed by atoms with Crippen LogP contribution in [0.4, 0.5) is 0 Å². The quantitative estimate of drug-likeness (QED) is 0.787. The number of aromatic nitrogens is 1. The molecular formula is C11H12BrClN2O. The van der Waals surface area contributed by atoms with E-state index in [0.717, 1.165) is 17.3 Å². The Hall–Kier alpha value is -0.610. The molecule has 0 saturated heterocycles. The molecule has 0 radical (unpaired) electrons. The summed E-state index contributed by atoms with van der Waals surface area (Å²) in [6, 6.07) is 2.08. The lowest BCUT2D eigenvalue weighted by Gasteiger charge is -2.34. The van der Waals surface area contributed by atoms with Gasteiger partial charge in [-0.15, -0.1) is 0 Å². The number of nitrogens with zero attached hydrogens (tertiary/aromatic N) is 2. The molecule has 1 aromatic rings. The van der Waals surface area contributed by atoms with Gasteiger partial charge in [0.05, 0.1) is 5.56 Å². The van der Waals surface area contributed by atoms with Crippen LogP contribution in [0.15, 0.2) is 16.7 Å². The molecular weight excluding hydrogens is 291 g/mol. The van der Waals surface area contributed by atoms with Gasteiger partial charge in [-0.3, -0.25) is 4.79 Å². The van der Waals surface area contributed by atoms with E-state index in [1.165, 1.54) is 6.42 Å². The molecule has 0 spiro atoms. The van der Waals surface area contributed by atoms with Gasteiger partial charge in [0.15, 0.2) is 0 Å². The van der Waals surface area contributed by atoms with Crippen molar-refractivity contribution in [2.24, 2.45) is 0 Å². The van der Waals surface area contributed by atoms with Gasteiger partial charge in [0.1, 0.15) is 5.15 Å². The number of carbonyl (C=O) groups is 1. The summed E-state index contributed by atoms with van der Waals surface area (Å²) >= 11 is 9.21. The zero-order valence-corrected chi connectivity index (χ0v) is 11.3. The summed E-state index contributed by atoms with van der Waals surface area (Å²) in [6.45, 7) is 0. The van der Waals surface area contributed by atoms with E-state index in [0.29, 0.717) is 11.6 Å². The van der Waals surface area contributed by atoms with Crippen LogP contribution in [0.2, 0.25) is 5.15 Å². The van der Waals surface area contributed by atoms with Gasteiger partial charge in [0, 0.05) is 23.8 Å². The van der Waals surface area contributed by atoms with E-state index < -0.39 is 0 Å². The van der Waals surface area contributed by atoms with E-state index in [-0.39, 0.29) is 11.1 Å². The first kappa shape index (κ1) is 11.9. The highest BCUT2D eigenvalue weighted by atomic mass is 79.9. The SMILES string of the molecule is CN(C(=O)c1cc(Br)cnc1Cl)C1CCC1. The third-order valence-corrected chi connectivity index (χ3v) is 3.71. The number of halogens is 2. The fourth-order valence-corrected chi connectivity index (χ4v) is 2.22. The normalized spacial score (nSPS) is 15.7. The van der Waals surface area contributed by atoms with Gasteiger partial charge in [0.25, 0.3) is 5.91 Å². The summed E-state index contributed by atoms with van der Waals surface area (Å²) in [6.07, 6.45) is 4.96. The lowest BCUT2D eigenvalue weighted by molar-refractivity contribution is 0.0651. The Kier molecular flexibility index (Phi) is 3.50. The molecule has 1 amide bonds. The molecule has 1 aliphatic rings. The van der Waals surface area contributed by atoms with Crippen molar-refractivity contribution in [3.05, 3.63) is 27.5 Å². The summed E-state index contributed by atoms with van der Waals surface area (Å²) in [5, 5.41) is 0.263. The number of rotatable bonds is 2. The van der Waals surface area contributed by atoms with Crippen molar-refractivity contribution in [2.45, 2.75) is 25.3 Å². The van der Waals surface area contributed by atoms with Crippen LogP contribution >= 0.6 is 27.5 Å². The third-order valence-electron chi connectivity index (χ3n) is 2.98. The third kappa shape index (κ3) is 2.23. The topological polar surface area (TPSA) is 33.2 Å². The maximum atomic E-state index is 12.1. The minimum atomic E-state index is -0.0523. The molecule has 0 aromatic carbocycles. The second-order valence-corrected chi connectivity index (χ2v) is 5.27. The van der Waals surface area contributed by atoms with Crippen LogP contribution in [0.1, 0.15) is 29.6 Å². The Morgan fingerprint density at radius 3 is 2.88 bits per heavy atom. The molecule has 0 aliphatic heterocycles. The number of hydrogen-bond donors (Lipinski definition) is 0. The first-order valence-electron chi connectivity index (χ1n) is 5.18. The molecule has 5 heteroatoms. The molecule has 0 atom stereocenters. The predicted molar refractivity (Wildman–Crippen MR) is 66.7 cm³/mol. The molecule has 1 heterocycles. The molecule has 2 rings (SSSR count). The maximum absolute atomic E-state index is 12.1. The van der Waals surface area contributed by atoms with Crippen LogP contribution in [-0.2, 0) is 0 Å². The molecule has 0 unspecified atom stereocenters. The van der Waals surface area contributed by atoms with Crippen molar-refractivity contribution >= 4 is 33.4 Å². The average Bonchev–Trinajstić information content (AvgIpc) is 2.18. The smallest absolute Gasteiger partial charge is 0.257 e. The fourth-order valence-electron chi connectivity index (χ4n) is 1.70. The highest BCUT2D eigenvalue weighted by Crippen LogP contribution is 2.26. The molecule has 16 heavy (non-hydrogen) atoms. The van der Waals surface area contributed by atoms with Gasteiger partial charge in [0.2, 0.25) is 0 Å². The second kappa shape index (κ2) is 4.72. The van der Waals surface area contributed by atoms with Crippen molar-refractivity contribution in [2.75, 3.05) is 7.05 Å². The van der Waals surface area contributed by atoms with Crippen LogP contribution in [0, 0.1) is 0 Å². The lowest BCUT2D eigenvalue weighted by Crippen LogP contribution is -2.41. The molecule has 1 aromatic heterocycles. The summed E-state index contributed by atoms with van der Waals surface area (Å²) in [4.78, 5) is 17.9. The number of pyridine rings is 1. The zero-order chi connectivity index (χ0) is 11.7. The highest BCUT2D eigenvalue weighted by molar-refractivity contribution is 9.10. The number of amides is 1. The van der Waals surface area contributed by atoms with Crippen LogP contribution in [0.25, 0.3) is 0 Å². The van der Waals surface area contributed by atoms with Crippen LogP contribution in [0.3, 0.4) is 0 Å². The van der Waals surface area contributed by atoms with Crippen molar-refractivity contribution in [1.29, 1.82) is 0 Å². The Bertz CT molecular complexity index is 420. The van der Waals surface area contributed by atoms with Crippen LogP contribution in [0.5, 0.6) is 0 Å². The summed E-state index contributed by atoms with van der Waals surface area (Å²) in [7, 11) is 1.82. The van der Waals surface area contributed by atoms with E-state index in [9.17, 15) is 4.79 Å². The van der Waals surface area contributed by atoms with E-state index in [1.54, 1.807) is 17.2 Å². The standard InChI is InChI=1S/C11H12BrClN2O/c1-15(8-3-2-4-8)11(16)9-5-7(12)6-14-10(9)13/h5-6,8H,2-4H2,1H3. The molecule has 86 valence electrons. The summed E-state index contributed by atoms with van der Waals surface area (Å²) in [5.74, 6) is -0.0523.